The van der Waals surface area contributed by atoms with Crippen LogP contribution in [0.2, 0.25) is 10.0 Å². The molecule has 8 nitrogen and oxygen atoms in total. The van der Waals surface area contributed by atoms with E-state index in [0.717, 1.165) is 9.87 Å². The van der Waals surface area contributed by atoms with Gasteiger partial charge in [0.2, 0.25) is 11.8 Å². The van der Waals surface area contributed by atoms with Crippen LogP contribution in [0, 0.1) is 6.92 Å². The largest absolute Gasteiger partial charge is 0.497 e. The van der Waals surface area contributed by atoms with Crippen molar-refractivity contribution in [2.24, 2.45) is 0 Å². The fourth-order valence-corrected chi connectivity index (χ4v) is 6.28. The molecule has 0 bridgehead atoms. The highest BCUT2D eigenvalue weighted by Gasteiger charge is 2.35. The van der Waals surface area contributed by atoms with Crippen LogP contribution < -0.4 is 14.4 Å². The van der Waals surface area contributed by atoms with Crippen LogP contribution in [-0.4, -0.2) is 50.4 Å². The molecule has 0 unspecified atom stereocenters. The molecule has 0 spiro atoms. The van der Waals surface area contributed by atoms with E-state index >= 15 is 0 Å². The molecule has 226 valence electrons. The van der Waals surface area contributed by atoms with E-state index in [1.165, 1.54) is 30.2 Å². The van der Waals surface area contributed by atoms with Crippen molar-refractivity contribution in [3.63, 3.8) is 0 Å². The summed E-state index contributed by atoms with van der Waals surface area (Å²) >= 11 is 12.9. The molecule has 0 saturated carbocycles. The highest BCUT2D eigenvalue weighted by molar-refractivity contribution is 7.92. The maximum Gasteiger partial charge on any atom is 0.264 e. The number of anilines is 1. The van der Waals surface area contributed by atoms with Crippen molar-refractivity contribution in [2.75, 3.05) is 18.0 Å². The van der Waals surface area contributed by atoms with Crippen molar-refractivity contribution in [3.05, 3.63) is 87.9 Å². The number of hydrogen-bond donors (Lipinski definition) is 1. The van der Waals surface area contributed by atoms with Gasteiger partial charge in [-0.3, -0.25) is 13.9 Å². The van der Waals surface area contributed by atoms with Crippen molar-refractivity contribution < 1.29 is 22.7 Å². The smallest absolute Gasteiger partial charge is 0.264 e. The fourth-order valence-electron chi connectivity index (χ4n) is 4.36. The predicted molar refractivity (Wildman–Crippen MR) is 168 cm³/mol. The third kappa shape index (κ3) is 8.18. The highest BCUT2D eigenvalue weighted by Crippen LogP contribution is 2.30. The van der Waals surface area contributed by atoms with Gasteiger partial charge in [0.05, 0.1) is 17.7 Å². The number of methoxy groups -OCH3 is 1. The highest BCUT2D eigenvalue weighted by atomic mass is 35.5. The van der Waals surface area contributed by atoms with E-state index in [-0.39, 0.29) is 29.5 Å². The molecule has 3 rings (SSSR count). The Labute approximate surface area is 258 Å². The molecule has 0 aliphatic rings. The Kier molecular flexibility index (Phi) is 10.9. The Hall–Kier alpha value is -3.27. The molecule has 0 fully saturated rings. The Morgan fingerprint density at radius 3 is 2.12 bits per heavy atom. The van der Waals surface area contributed by atoms with E-state index in [2.05, 4.69) is 5.32 Å². The number of benzene rings is 3. The van der Waals surface area contributed by atoms with Crippen molar-refractivity contribution in [1.29, 1.82) is 0 Å². The average molecular weight is 635 g/mol. The maximum atomic E-state index is 14.2. The lowest BCUT2D eigenvalue weighted by Crippen LogP contribution is -2.55. The standard InChI is InChI=1S/C31H37Cl2N3O5S/c1-7-28(30(38)34-31(3,4)5)35(19-25-26(32)12-9-13-27(25)33)29(37)20-36(22-10-8-11-23(18-22)41-6)42(39,40)24-16-14-21(2)15-17-24/h8-18,28H,7,19-20H2,1-6H3,(H,34,38)/t28-/m1/s1. The summed E-state index contributed by atoms with van der Waals surface area (Å²) in [5, 5.41) is 3.58. The molecule has 0 radical (unpaired) electrons. The van der Waals surface area contributed by atoms with Crippen LogP contribution in [0.15, 0.2) is 71.6 Å². The Morgan fingerprint density at radius 1 is 0.976 bits per heavy atom. The molecule has 3 aromatic rings. The summed E-state index contributed by atoms with van der Waals surface area (Å²) in [6.45, 7) is 8.46. The second-order valence-corrected chi connectivity index (χ2v) is 13.6. The molecule has 3 aromatic carbocycles. The van der Waals surface area contributed by atoms with Crippen molar-refractivity contribution in [2.45, 2.75) is 64.1 Å². The number of sulfonamides is 1. The third-order valence-electron chi connectivity index (χ3n) is 6.50. The van der Waals surface area contributed by atoms with Gasteiger partial charge in [-0.1, -0.05) is 60.0 Å². The first-order valence-corrected chi connectivity index (χ1v) is 15.7. The van der Waals surface area contributed by atoms with Crippen LogP contribution in [0.25, 0.3) is 0 Å². The lowest BCUT2D eigenvalue weighted by Gasteiger charge is -2.35. The number of nitrogens with zero attached hydrogens (tertiary/aromatic N) is 2. The molecule has 0 aliphatic heterocycles. The lowest BCUT2D eigenvalue weighted by molar-refractivity contribution is -0.141. The molecule has 1 atom stereocenters. The minimum atomic E-state index is -4.22. The summed E-state index contributed by atoms with van der Waals surface area (Å²) < 4.78 is 34.4. The number of rotatable bonds is 11. The van der Waals surface area contributed by atoms with E-state index in [1.807, 2.05) is 27.7 Å². The van der Waals surface area contributed by atoms with Crippen molar-refractivity contribution >= 4 is 50.7 Å². The summed E-state index contributed by atoms with van der Waals surface area (Å²) in [6, 6.07) is 16.9. The van der Waals surface area contributed by atoms with E-state index in [4.69, 9.17) is 27.9 Å². The maximum absolute atomic E-state index is 14.2. The van der Waals surface area contributed by atoms with E-state index < -0.39 is 34.1 Å². The molecular formula is C31H37Cl2N3O5S. The first kappa shape index (κ1) is 33.2. The zero-order chi connectivity index (χ0) is 31.2. The van der Waals surface area contributed by atoms with Gasteiger partial charge in [-0.2, -0.15) is 0 Å². The summed E-state index contributed by atoms with van der Waals surface area (Å²) in [5.41, 5.74) is 0.996. The number of amides is 2. The van der Waals surface area contributed by atoms with Crippen LogP contribution >= 0.6 is 23.2 Å². The van der Waals surface area contributed by atoms with E-state index in [1.54, 1.807) is 55.5 Å². The Bertz CT molecular complexity index is 1500. The number of ether oxygens (including phenoxy) is 1. The van der Waals surface area contributed by atoms with Gasteiger partial charge in [-0.25, -0.2) is 8.42 Å². The average Bonchev–Trinajstić information content (AvgIpc) is 2.92. The van der Waals surface area contributed by atoms with Gasteiger partial charge in [0.1, 0.15) is 18.3 Å². The van der Waals surface area contributed by atoms with Gasteiger partial charge < -0.3 is 15.0 Å². The van der Waals surface area contributed by atoms with Gasteiger partial charge >= 0.3 is 0 Å². The Balaban J connectivity index is 2.13. The fraction of sp³-hybridized carbons (Fsp3) is 0.355. The molecule has 0 saturated heterocycles. The Morgan fingerprint density at radius 2 is 1.57 bits per heavy atom. The van der Waals surface area contributed by atoms with Crippen LogP contribution in [0.3, 0.4) is 0 Å². The van der Waals surface area contributed by atoms with Crippen LogP contribution in [0.4, 0.5) is 5.69 Å². The monoisotopic (exact) mass is 633 g/mol. The van der Waals surface area contributed by atoms with E-state index in [9.17, 15) is 18.0 Å². The molecule has 1 N–H and O–H groups in total. The van der Waals surface area contributed by atoms with Gasteiger partial charge in [0.25, 0.3) is 10.0 Å². The summed E-state index contributed by atoms with van der Waals surface area (Å²) in [7, 11) is -2.75. The normalized spacial score (nSPS) is 12.4. The van der Waals surface area contributed by atoms with Crippen LogP contribution in [0.5, 0.6) is 5.75 Å². The van der Waals surface area contributed by atoms with Gasteiger partial charge in [-0.15, -0.1) is 0 Å². The van der Waals surface area contributed by atoms with Crippen molar-refractivity contribution in [3.8, 4) is 5.75 Å². The summed E-state index contributed by atoms with van der Waals surface area (Å²) in [5.74, 6) is -0.573. The van der Waals surface area contributed by atoms with Gasteiger partial charge in [-0.05, 0) is 70.5 Å². The van der Waals surface area contributed by atoms with Crippen molar-refractivity contribution in [1.82, 2.24) is 10.2 Å². The molecular weight excluding hydrogens is 597 g/mol. The number of carbonyl (C=O) groups is 2. The lowest BCUT2D eigenvalue weighted by atomic mass is 10.1. The van der Waals surface area contributed by atoms with E-state index in [0.29, 0.717) is 21.4 Å². The third-order valence-corrected chi connectivity index (χ3v) is 9.00. The number of aryl methyl sites for hydroxylation is 1. The van der Waals surface area contributed by atoms with Crippen LogP contribution in [-0.2, 0) is 26.2 Å². The summed E-state index contributed by atoms with van der Waals surface area (Å²) in [6.07, 6.45) is 0.263. The molecule has 0 aromatic heterocycles. The number of carbonyl (C=O) groups excluding carboxylic acids is 2. The number of halogens is 2. The first-order valence-electron chi connectivity index (χ1n) is 13.5. The topological polar surface area (TPSA) is 96.0 Å². The zero-order valence-electron chi connectivity index (χ0n) is 24.6. The minimum absolute atomic E-state index is 0.0157. The molecule has 11 heteroatoms. The SMILES string of the molecule is CC[C@H](C(=O)NC(C)(C)C)N(Cc1c(Cl)cccc1Cl)C(=O)CN(c1cccc(OC)c1)S(=O)(=O)c1ccc(C)cc1. The van der Waals surface area contributed by atoms with Gasteiger partial charge in [0, 0.05) is 33.8 Å². The molecule has 2 amide bonds. The summed E-state index contributed by atoms with van der Waals surface area (Å²) in [4.78, 5) is 29.1. The first-order chi connectivity index (χ1) is 19.7. The van der Waals surface area contributed by atoms with Crippen LogP contribution in [0.1, 0.15) is 45.2 Å². The molecule has 0 aliphatic carbocycles. The predicted octanol–water partition coefficient (Wildman–Crippen LogP) is 6.23. The molecule has 42 heavy (non-hydrogen) atoms. The second-order valence-electron chi connectivity index (χ2n) is 10.9. The molecule has 0 heterocycles. The quantitative estimate of drug-likeness (QED) is 0.270. The second kappa shape index (κ2) is 13.8. The number of nitrogens with one attached hydrogen (secondary N) is 1. The zero-order valence-corrected chi connectivity index (χ0v) is 27.0. The number of hydrogen-bond acceptors (Lipinski definition) is 5. The minimum Gasteiger partial charge on any atom is -0.497 e. The van der Waals surface area contributed by atoms with Gasteiger partial charge in [0.15, 0.2) is 0 Å².